The Bertz CT molecular complexity index is 1680. The number of imidazole rings is 2. The van der Waals surface area contributed by atoms with Gasteiger partial charge >= 0.3 is 5.69 Å². The minimum atomic E-state index is -0.134. The van der Waals surface area contributed by atoms with Crippen molar-refractivity contribution in [3.8, 4) is 5.69 Å². The molecule has 4 heterocycles. The molecule has 5 aromatic rings. The molecule has 6 rings (SSSR count). The highest BCUT2D eigenvalue weighted by Gasteiger charge is 2.25. The first-order chi connectivity index (χ1) is 18.0. The van der Waals surface area contributed by atoms with E-state index in [1.54, 1.807) is 29.4 Å². The van der Waals surface area contributed by atoms with E-state index >= 15 is 0 Å². The van der Waals surface area contributed by atoms with Gasteiger partial charge in [0.05, 0.1) is 51.0 Å². The second kappa shape index (κ2) is 9.52. The van der Waals surface area contributed by atoms with Gasteiger partial charge in [0.15, 0.2) is 0 Å². The van der Waals surface area contributed by atoms with Gasteiger partial charge in [0, 0.05) is 25.0 Å². The fourth-order valence-electron chi connectivity index (χ4n) is 5.43. The minimum absolute atomic E-state index is 0.0376. The van der Waals surface area contributed by atoms with Crippen molar-refractivity contribution in [1.29, 1.82) is 0 Å². The average Bonchev–Trinajstić information content (AvgIpc) is 3.48. The first-order valence-corrected chi connectivity index (χ1v) is 12.9. The van der Waals surface area contributed by atoms with Crippen LogP contribution in [0.2, 0.25) is 5.02 Å². The molecule has 9 heteroatoms. The van der Waals surface area contributed by atoms with Crippen LogP contribution in [0.25, 0.3) is 22.2 Å². The lowest BCUT2D eigenvalue weighted by molar-refractivity contribution is 0.0919. The highest BCUT2D eigenvalue weighted by atomic mass is 35.5. The Balaban J connectivity index is 1.20. The third kappa shape index (κ3) is 4.42. The molecule has 1 aliphatic rings. The first-order valence-electron chi connectivity index (χ1n) is 12.5. The van der Waals surface area contributed by atoms with Crippen molar-refractivity contribution in [2.75, 3.05) is 0 Å². The van der Waals surface area contributed by atoms with Crippen molar-refractivity contribution in [1.82, 2.24) is 28.8 Å². The van der Waals surface area contributed by atoms with Crippen LogP contribution in [0.4, 0.5) is 0 Å². The van der Waals surface area contributed by atoms with Gasteiger partial charge in [-0.25, -0.2) is 9.78 Å². The summed E-state index contributed by atoms with van der Waals surface area (Å²) in [5, 5.41) is 3.60. The third-order valence-corrected chi connectivity index (χ3v) is 7.62. The average molecular weight is 515 g/mol. The van der Waals surface area contributed by atoms with Gasteiger partial charge < -0.3 is 9.72 Å². The number of nitrogens with one attached hydrogen (secondary N) is 1. The summed E-state index contributed by atoms with van der Waals surface area (Å²) in [5.74, 6) is 0.224. The number of nitrogens with zero attached hydrogens (tertiary/aromatic N) is 5. The molecule has 0 spiro atoms. The van der Waals surface area contributed by atoms with E-state index in [1.807, 2.05) is 58.5 Å². The summed E-state index contributed by atoms with van der Waals surface area (Å²) in [6.45, 7) is 2.46. The van der Waals surface area contributed by atoms with Crippen LogP contribution in [0.5, 0.6) is 0 Å². The predicted molar refractivity (Wildman–Crippen MR) is 143 cm³/mol. The standard InChI is InChI=1S/C28H27ClN6O2/c1-18-24(12-20(29)14-31-18)27(36)32-21-8-6-19(7-9-21)16-34-25-4-2-3-5-26(25)35(28(34)37)22-10-11-33-17-30-15-23(33)13-22/h2-5,10-15,17,19,21H,6-9,16H2,1H3,(H,32,36)/t19-,21-. The van der Waals surface area contributed by atoms with E-state index in [1.165, 1.54) is 0 Å². The largest absolute Gasteiger partial charge is 0.349 e. The number of aromatic nitrogens is 5. The second-order valence-electron chi connectivity index (χ2n) is 9.81. The van der Waals surface area contributed by atoms with Gasteiger partial charge in [0.2, 0.25) is 0 Å². The fourth-order valence-corrected chi connectivity index (χ4v) is 5.59. The number of pyridine rings is 2. The summed E-state index contributed by atoms with van der Waals surface area (Å²) in [5.41, 5.74) is 4.73. The van der Waals surface area contributed by atoms with Gasteiger partial charge in [0.1, 0.15) is 0 Å². The molecule has 1 N–H and O–H groups in total. The maximum Gasteiger partial charge on any atom is 0.333 e. The second-order valence-corrected chi connectivity index (χ2v) is 10.2. The number of hydrogen-bond donors (Lipinski definition) is 1. The van der Waals surface area contributed by atoms with E-state index in [0.29, 0.717) is 28.7 Å². The van der Waals surface area contributed by atoms with Crippen molar-refractivity contribution in [2.45, 2.75) is 45.2 Å². The molecule has 1 aromatic carbocycles. The molecule has 8 nitrogen and oxygen atoms in total. The topological polar surface area (TPSA) is 86.2 Å². The van der Waals surface area contributed by atoms with E-state index in [0.717, 1.165) is 47.9 Å². The predicted octanol–water partition coefficient (Wildman–Crippen LogP) is 4.79. The number of benzene rings is 1. The monoisotopic (exact) mass is 514 g/mol. The lowest BCUT2D eigenvalue weighted by Gasteiger charge is -2.29. The van der Waals surface area contributed by atoms with Crippen LogP contribution in [0, 0.1) is 12.8 Å². The molecule has 1 amide bonds. The van der Waals surface area contributed by atoms with Crippen molar-refractivity contribution in [3.63, 3.8) is 0 Å². The Hall–Kier alpha value is -3.91. The molecule has 0 saturated heterocycles. The van der Waals surface area contributed by atoms with Gasteiger partial charge in [-0.1, -0.05) is 23.7 Å². The summed E-state index contributed by atoms with van der Waals surface area (Å²) < 4.78 is 5.62. The van der Waals surface area contributed by atoms with Crippen LogP contribution >= 0.6 is 11.6 Å². The fraction of sp³-hybridized carbons (Fsp3) is 0.286. The molecule has 1 saturated carbocycles. The summed E-state index contributed by atoms with van der Waals surface area (Å²) >= 11 is 6.04. The minimum Gasteiger partial charge on any atom is -0.349 e. The Morgan fingerprint density at radius 1 is 1.08 bits per heavy atom. The van der Waals surface area contributed by atoms with Crippen molar-refractivity contribution < 1.29 is 4.79 Å². The summed E-state index contributed by atoms with van der Waals surface area (Å²) in [4.78, 5) is 34.9. The summed E-state index contributed by atoms with van der Waals surface area (Å²) in [6, 6.07) is 13.6. The van der Waals surface area contributed by atoms with Crippen LogP contribution < -0.4 is 11.0 Å². The zero-order valence-electron chi connectivity index (χ0n) is 20.5. The maximum absolute atomic E-state index is 13.7. The number of fused-ring (bicyclic) bond motifs is 2. The van der Waals surface area contributed by atoms with Crippen molar-refractivity contribution in [3.05, 3.63) is 94.1 Å². The molecular formula is C28H27ClN6O2. The van der Waals surface area contributed by atoms with Crippen LogP contribution in [0.15, 0.2) is 72.2 Å². The van der Waals surface area contributed by atoms with E-state index < -0.39 is 0 Å². The van der Waals surface area contributed by atoms with E-state index in [-0.39, 0.29) is 17.6 Å². The van der Waals surface area contributed by atoms with E-state index in [9.17, 15) is 9.59 Å². The Kier molecular flexibility index (Phi) is 6.04. The first kappa shape index (κ1) is 23.5. The van der Waals surface area contributed by atoms with Crippen LogP contribution in [-0.2, 0) is 6.54 Å². The van der Waals surface area contributed by atoms with Crippen molar-refractivity contribution >= 4 is 34.1 Å². The number of rotatable bonds is 5. The Labute approximate surface area is 218 Å². The van der Waals surface area contributed by atoms with Crippen LogP contribution in [0.1, 0.15) is 41.7 Å². The number of para-hydroxylation sites is 2. The lowest BCUT2D eigenvalue weighted by Crippen LogP contribution is -2.39. The number of amides is 1. The Morgan fingerprint density at radius 2 is 1.86 bits per heavy atom. The number of hydrogen-bond acceptors (Lipinski definition) is 4. The van der Waals surface area contributed by atoms with E-state index in [2.05, 4.69) is 15.3 Å². The van der Waals surface area contributed by atoms with Crippen molar-refractivity contribution in [2.24, 2.45) is 5.92 Å². The molecule has 0 unspecified atom stereocenters. The maximum atomic E-state index is 13.7. The van der Waals surface area contributed by atoms with Gasteiger partial charge in [-0.3, -0.25) is 18.9 Å². The zero-order chi connectivity index (χ0) is 25.5. The Morgan fingerprint density at radius 3 is 2.68 bits per heavy atom. The quantitative estimate of drug-likeness (QED) is 0.365. The molecule has 0 atom stereocenters. The van der Waals surface area contributed by atoms with Crippen LogP contribution in [0.3, 0.4) is 0 Å². The zero-order valence-corrected chi connectivity index (χ0v) is 21.2. The summed E-state index contributed by atoms with van der Waals surface area (Å²) in [6.07, 6.45) is 10.6. The van der Waals surface area contributed by atoms with Gasteiger partial charge in [-0.15, -0.1) is 0 Å². The smallest absolute Gasteiger partial charge is 0.333 e. The van der Waals surface area contributed by atoms with Crippen LogP contribution in [-0.4, -0.2) is 35.5 Å². The SMILES string of the molecule is Cc1ncc(Cl)cc1C(=O)N[C@H]1CC[C@H](Cn2c(=O)n(-c3ccn4cncc4c3)c3ccccc32)CC1. The number of halogens is 1. The molecule has 188 valence electrons. The molecule has 0 aliphatic heterocycles. The molecule has 37 heavy (non-hydrogen) atoms. The highest BCUT2D eigenvalue weighted by molar-refractivity contribution is 6.30. The van der Waals surface area contributed by atoms with Gasteiger partial charge in [0.25, 0.3) is 5.91 Å². The molecule has 4 aromatic heterocycles. The molecule has 0 radical (unpaired) electrons. The van der Waals surface area contributed by atoms with E-state index in [4.69, 9.17) is 11.6 Å². The number of aryl methyl sites for hydroxylation is 1. The molecule has 1 aliphatic carbocycles. The molecule has 1 fully saturated rings. The number of carbonyl (C=O) groups excluding carboxylic acids is 1. The number of carbonyl (C=O) groups is 1. The van der Waals surface area contributed by atoms with Gasteiger partial charge in [-0.05, 0) is 68.9 Å². The third-order valence-electron chi connectivity index (χ3n) is 7.41. The summed E-state index contributed by atoms with van der Waals surface area (Å²) in [7, 11) is 0. The normalized spacial score (nSPS) is 17.9. The van der Waals surface area contributed by atoms with Gasteiger partial charge in [-0.2, -0.15) is 0 Å². The highest BCUT2D eigenvalue weighted by Crippen LogP contribution is 2.28. The lowest BCUT2D eigenvalue weighted by atomic mass is 9.85. The molecular weight excluding hydrogens is 488 g/mol. The molecule has 0 bridgehead atoms.